The molecule has 0 amide bonds. The predicted molar refractivity (Wildman–Crippen MR) is 56.0 cm³/mol. The Morgan fingerprint density at radius 1 is 1.20 bits per heavy atom. The molecule has 0 atom stereocenters. The van der Waals surface area contributed by atoms with Crippen LogP contribution in [0.4, 0.5) is 8.78 Å². The Morgan fingerprint density at radius 2 is 1.87 bits per heavy atom. The molecular weight excluding hydrogens is 216 g/mol. The molecule has 15 heavy (non-hydrogen) atoms. The molecule has 0 saturated carbocycles. The number of benzene rings is 1. The zero-order chi connectivity index (χ0) is 10.8. The quantitative estimate of drug-likeness (QED) is 0.764. The molecule has 0 aliphatic carbocycles. The van der Waals surface area contributed by atoms with Gasteiger partial charge in [0.1, 0.15) is 11.6 Å². The minimum Gasteiger partial charge on any atom is -0.249 e. The summed E-state index contributed by atoms with van der Waals surface area (Å²) in [5.74, 6) is -1.09. The largest absolute Gasteiger partial charge is 0.249 e. The van der Waals surface area contributed by atoms with Gasteiger partial charge in [-0.15, -0.1) is 11.3 Å². The first-order valence-electron chi connectivity index (χ1n) is 4.50. The molecule has 0 aliphatic rings. The van der Waals surface area contributed by atoms with Crippen LogP contribution in [0, 0.1) is 18.6 Å². The van der Waals surface area contributed by atoms with Crippen LogP contribution in [0.15, 0.2) is 24.4 Å². The Balaban J connectivity index is 2.24. The number of halogens is 2. The summed E-state index contributed by atoms with van der Waals surface area (Å²) in [6.45, 7) is 1.95. The van der Waals surface area contributed by atoms with Crippen molar-refractivity contribution in [1.82, 2.24) is 4.98 Å². The van der Waals surface area contributed by atoms with E-state index in [1.807, 2.05) is 6.92 Å². The zero-order valence-corrected chi connectivity index (χ0v) is 8.94. The summed E-state index contributed by atoms with van der Waals surface area (Å²) in [7, 11) is 0. The van der Waals surface area contributed by atoms with Crippen LogP contribution in [0.3, 0.4) is 0 Å². The highest BCUT2D eigenvalue weighted by Crippen LogP contribution is 2.17. The fourth-order valence-electron chi connectivity index (χ4n) is 1.37. The van der Waals surface area contributed by atoms with Gasteiger partial charge in [-0.3, -0.25) is 0 Å². The second-order valence-corrected chi connectivity index (χ2v) is 4.64. The van der Waals surface area contributed by atoms with Crippen LogP contribution >= 0.6 is 11.3 Å². The van der Waals surface area contributed by atoms with Gasteiger partial charge in [-0.1, -0.05) is 0 Å². The van der Waals surface area contributed by atoms with Crippen molar-refractivity contribution < 1.29 is 8.78 Å². The van der Waals surface area contributed by atoms with Crippen molar-refractivity contribution in [2.45, 2.75) is 13.3 Å². The second kappa shape index (κ2) is 4.06. The van der Waals surface area contributed by atoms with E-state index in [0.717, 1.165) is 16.0 Å². The minimum absolute atomic E-state index is 0.479. The Bertz CT molecular complexity index is 459. The van der Waals surface area contributed by atoms with E-state index in [0.29, 0.717) is 12.0 Å². The van der Waals surface area contributed by atoms with Gasteiger partial charge in [-0.25, -0.2) is 13.8 Å². The average molecular weight is 225 g/mol. The highest BCUT2D eigenvalue weighted by Gasteiger charge is 2.04. The van der Waals surface area contributed by atoms with Crippen molar-refractivity contribution in [1.29, 1.82) is 0 Å². The number of thiazole rings is 1. The van der Waals surface area contributed by atoms with E-state index in [1.165, 1.54) is 23.5 Å². The van der Waals surface area contributed by atoms with E-state index in [4.69, 9.17) is 0 Å². The third kappa shape index (κ3) is 2.59. The fraction of sp³-hybridized carbons (Fsp3) is 0.182. The average Bonchev–Trinajstić information content (AvgIpc) is 2.49. The molecule has 0 unspecified atom stereocenters. The van der Waals surface area contributed by atoms with E-state index >= 15 is 0 Å². The first kappa shape index (κ1) is 10.2. The summed E-state index contributed by atoms with van der Waals surface area (Å²) >= 11 is 1.54. The summed E-state index contributed by atoms with van der Waals surface area (Å²) in [5, 5.41) is 0.873. The highest BCUT2D eigenvalue weighted by atomic mass is 32.1. The van der Waals surface area contributed by atoms with Crippen molar-refractivity contribution in [3.8, 4) is 0 Å². The van der Waals surface area contributed by atoms with Crippen LogP contribution in [0.25, 0.3) is 0 Å². The number of aromatic nitrogens is 1. The van der Waals surface area contributed by atoms with Crippen molar-refractivity contribution in [2.75, 3.05) is 0 Å². The van der Waals surface area contributed by atoms with Crippen LogP contribution in [-0.4, -0.2) is 4.98 Å². The normalized spacial score (nSPS) is 10.6. The molecule has 0 N–H and O–H groups in total. The lowest BCUT2D eigenvalue weighted by molar-refractivity contribution is 0.580. The molecule has 0 radical (unpaired) electrons. The SMILES string of the molecule is Cc1cnc(Cc2cc(F)cc(F)c2)s1. The molecule has 2 rings (SSSR count). The minimum atomic E-state index is -0.543. The number of rotatable bonds is 2. The fourth-order valence-corrected chi connectivity index (χ4v) is 2.19. The van der Waals surface area contributed by atoms with Crippen molar-refractivity contribution in [3.63, 3.8) is 0 Å². The maximum atomic E-state index is 12.9. The predicted octanol–water partition coefficient (Wildman–Crippen LogP) is 3.32. The van der Waals surface area contributed by atoms with E-state index in [9.17, 15) is 8.78 Å². The summed E-state index contributed by atoms with van der Waals surface area (Å²) in [5.41, 5.74) is 0.613. The van der Waals surface area contributed by atoms with Crippen molar-refractivity contribution in [2.24, 2.45) is 0 Å². The molecule has 0 spiro atoms. The lowest BCUT2D eigenvalue weighted by atomic mass is 10.1. The van der Waals surface area contributed by atoms with Crippen LogP contribution in [-0.2, 0) is 6.42 Å². The summed E-state index contributed by atoms with van der Waals surface area (Å²) in [4.78, 5) is 5.24. The summed E-state index contributed by atoms with van der Waals surface area (Å²) in [6.07, 6.45) is 2.24. The van der Waals surface area contributed by atoms with Gasteiger partial charge in [-0.2, -0.15) is 0 Å². The van der Waals surface area contributed by atoms with Gasteiger partial charge >= 0.3 is 0 Å². The standard InChI is InChI=1S/C11H9F2NS/c1-7-6-14-11(15-7)4-8-2-9(12)5-10(13)3-8/h2-3,5-6H,4H2,1H3. The highest BCUT2D eigenvalue weighted by molar-refractivity contribution is 7.11. The van der Waals surface area contributed by atoms with Gasteiger partial charge in [-0.05, 0) is 24.6 Å². The molecule has 78 valence electrons. The second-order valence-electron chi connectivity index (χ2n) is 3.32. The molecule has 1 nitrogen and oxygen atoms in total. The van der Waals surface area contributed by atoms with Gasteiger partial charge in [0, 0.05) is 23.6 Å². The van der Waals surface area contributed by atoms with Crippen LogP contribution in [0.2, 0.25) is 0 Å². The third-order valence-corrected chi connectivity index (χ3v) is 2.86. The maximum absolute atomic E-state index is 12.9. The third-order valence-electron chi connectivity index (χ3n) is 1.95. The van der Waals surface area contributed by atoms with Crippen LogP contribution in [0.1, 0.15) is 15.4 Å². The molecule has 0 saturated heterocycles. The molecule has 0 aliphatic heterocycles. The lowest BCUT2D eigenvalue weighted by Gasteiger charge is -1.98. The number of hydrogen-bond acceptors (Lipinski definition) is 2. The smallest absolute Gasteiger partial charge is 0.126 e. The Hall–Kier alpha value is -1.29. The van der Waals surface area contributed by atoms with Crippen molar-refractivity contribution >= 4 is 11.3 Å². The van der Waals surface area contributed by atoms with E-state index in [-0.39, 0.29) is 0 Å². The number of aryl methyl sites for hydroxylation is 1. The van der Waals surface area contributed by atoms with Gasteiger partial charge in [0.15, 0.2) is 0 Å². The lowest BCUT2D eigenvalue weighted by Crippen LogP contribution is -1.90. The molecule has 1 aromatic heterocycles. The first-order chi connectivity index (χ1) is 7.13. The van der Waals surface area contributed by atoms with Crippen LogP contribution < -0.4 is 0 Å². The monoisotopic (exact) mass is 225 g/mol. The van der Waals surface area contributed by atoms with Gasteiger partial charge in [0.05, 0.1) is 5.01 Å². The summed E-state index contributed by atoms with van der Waals surface area (Å²) < 4.78 is 25.8. The van der Waals surface area contributed by atoms with Gasteiger partial charge in [0.25, 0.3) is 0 Å². The van der Waals surface area contributed by atoms with Gasteiger partial charge < -0.3 is 0 Å². The molecule has 4 heteroatoms. The van der Waals surface area contributed by atoms with E-state index < -0.39 is 11.6 Å². The maximum Gasteiger partial charge on any atom is 0.126 e. The number of nitrogens with zero attached hydrogens (tertiary/aromatic N) is 1. The van der Waals surface area contributed by atoms with Crippen LogP contribution in [0.5, 0.6) is 0 Å². The Labute approximate surface area is 90.4 Å². The van der Waals surface area contributed by atoms with Crippen molar-refractivity contribution in [3.05, 3.63) is 51.5 Å². The summed E-state index contributed by atoms with van der Waals surface area (Å²) in [6, 6.07) is 3.54. The Kier molecular flexibility index (Phi) is 2.77. The molecular formula is C11H9F2NS. The first-order valence-corrected chi connectivity index (χ1v) is 5.31. The molecule has 1 heterocycles. The zero-order valence-electron chi connectivity index (χ0n) is 8.13. The number of hydrogen-bond donors (Lipinski definition) is 0. The topological polar surface area (TPSA) is 12.9 Å². The molecule has 2 aromatic rings. The molecule has 1 aromatic carbocycles. The van der Waals surface area contributed by atoms with E-state index in [1.54, 1.807) is 6.20 Å². The Morgan fingerprint density at radius 3 is 2.40 bits per heavy atom. The molecule has 0 bridgehead atoms. The van der Waals surface area contributed by atoms with E-state index in [2.05, 4.69) is 4.98 Å². The van der Waals surface area contributed by atoms with Gasteiger partial charge in [0.2, 0.25) is 0 Å². The molecule has 0 fully saturated rings.